The molecule has 2 heterocycles. The maximum Gasteiger partial charge on any atom is 0.273 e. The number of aliphatic hydroxyl groups is 1. The minimum Gasteiger partial charge on any atom is -0.393 e. The Morgan fingerprint density at radius 3 is 3.05 bits per heavy atom. The number of hydrogen-bond acceptors (Lipinski definition) is 5. The topological polar surface area (TPSA) is 75.4 Å². The van der Waals surface area contributed by atoms with Crippen molar-refractivity contribution in [2.75, 3.05) is 6.54 Å². The summed E-state index contributed by atoms with van der Waals surface area (Å²) >= 11 is 7.19. The molecular formula is C12H13ClN2O3S. The maximum atomic E-state index is 11.7. The number of carbonyl (C=O) groups excluding carboxylic acids is 1. The number of amides is 1. The zero-order valence-corrected chi connectivity index (χ0v) is 11.8. The summed E-state index contributed by atoms with van der Waals surface area (Å²) in [5, 5.41) is 15.5. The Kier molecular flexibility index (Phi) is 4.57. The van der Waals surface area contributed by atoms with Crippen molar-refractivity contribution in [2.45, 2.75) is 19.4 Å². The fourth-order valence-electron chi connectivity index (χ4n) is 1.43. The maximum absolute atomic E-state index is 11.7. The molecule has 0 aliphatic heterocycles. The van der Waals surface area contributed by atoms with Crippen molar-refractivity contribution in [3.05, 3.63) is 28.2 Å². The smallest absolute Gasteiger partial charge is 0.273 e. The van der Waals surface area contributed by atoms with Crippen molar-refractivity contribution in [1.82, 2.24) is 10.5 Å². The summed E-state index contributed by atoms with van der Waals surface area (Å²) in [4.78, 5) is 12.6. The molecule has 2 rings (SSSR count). The standard InChI is InChI=1S/C12H13ClN2O3S/c1-7(16)4-5-14-12(17)8-6-9(18-15-8)10-2-3-11(13)19-10/h2-3,6-7,16H,4-5H2,1H3,(H,14,17). The minimum absolute atomic E-state index is 0.213. The minimum atomic E-state index is -0.443. The Hall–Kier alpha value is -1.37. The first-order valence-electron chi connectivity index (χ1n) is 5.75. The summed E-state index contributed by atoms with van der Waals surface area (Å²) in [5.74, 6) is 0.191. The third kappa shape index (κ3) is 3.79. The molecule has 0 saturated heterocycles. The van der Waals surface area contributed by atoms with Crippen LogP contribution in [0.25, 0.3) is 10.6 Å². The van der Waals surface area contributed by atoms with Gasteiger partial charge in [0.05, 0.1) is 15.3 Å². The van der Waals surface area contributed by atoms with Gasteiger partial charge in [-0.25, -0.2) is 0 Å². The van der Waals surface area contributed by atoms with Gasteiger partial charge >= 0.3 is 0 Å². The second-order valence-corrected chi connectivity index (χ2v) is 5.79. The molecule has 19 heavy (non-hydrogen) atoms. The summed E-state index contributed by atoms with van der Waals surface area (Å²) in [6.45, 7) is 2.06. The molecule has 1 atom stereocenters. The van der Waals surface area contributed by atoms with E-state index in [1.165, 1.54) is 11.3 Å². The van der Waals surface area contributed by atoms with Crippen molar-refractivity contribution in [2.24, 2.45) is 0 Å². The van der Waals surface area contributed by atoms with Gasteiger partial charge in [-0.05, 0) is 25.5 Å². The number of halogens is 1. The van der Waals surface area contributed by atoms with E-state index in [0.717, 1.165) is 4.88 Å². The summed E-state index contributed by atoms with van der Waals surface area (Å²) < 4.78 is 5.75. The number of nitrogens with zero attached hydrogens (tertiary/aromatic N) is 1. The lowest BCUT2D eigenvalue weighted by Crippen LogP contribution is -2.26. The second kappa shape index (κ2) is 6.18. The van der Waals surface area contributed by atoms with Gasteiger partial charge in [0, 0.05) is 12.6 Å². The number of aliphatic hydroxyl groups excluding tert-OH is 1. The Bertz CT molecular complexity index is 565. The SMILES string of the molecule is CC(O)CCNC(=O)c1cc(-c2ccc(Cl)s2)on1. The number of hydrogen-bond donors (Lipinski definition) is 2. The molecule has 1 amide bonds. The lowest BCUT2D eigenvalue weighted by molar-refractivity contribution is 0.0936. The van der Waals surface area contributed by atoms with Gasteiger partial charge in [0.1, 0.15) is 0 Å². The van der Waals surface area contributed by atoms with Gasteiger partial charge in [-0.3, -0.25) is 4.79 Å². The van der Waals surface area contributed by atoms with Crippen molar-refractivity contribution in [1.29, 1.82) is 0 Å². The quantitative estimate of drug-likeness (QED) is 0.890. The zero-order valence-electron chi connectivity index (χ0n) is 10.2. The monoisotopic (exact) mass is 300 g/mol. The van der Waals surface area contributed by atoms with Crippen LogP contribution in [0.5, 0.6) is 0 Å². The summed E-state index contributed by atoms with van der Waals surface area (Å²) in [5.41, 5.74) is 0.213. The van der Waals surface area contributed by atoms with E-state index in [0.29, 0.717) is 23.1 Å². The Morgan fingerprint density at radius 2 is 2.42 bits per heavy atom. The number of carbonyl (C=O) groups is 1. The molecule has 1 unspecified atom stereocenters. The summed E-state index contributed by atoms with van der Waals surface area (Å²) in [6, 6.07) is 5.13. The number of aromatic nitrogens is 1. The molecule has 2 N–H and O–H groups in total. The Morgan fingerprint density at radius 1 is 1.63 bits per heavy atom. The Labute approximate surface area is 119 Å². The van der Waals surface area contributed by atoms with Crippen molar-refractivity contribution in [3.8, 4) is 10.6 Å². The Balaban J connectivity index is 1.98. The van der Waals surface area contributed by atoms with Crippen LogP contribution in [0.2, 0.25) is 4.34 Å². The molecule has 0 fully saturated rings. The highest BCUT2D eigenvalue weighted by Crippen LogP contribution is 2.31. The molecule has 0 aromatic carbocycles. The fraction of sp³-hybridized carbons (Fsp3) is 0.333. The fourth-order valence-corrected chi connectivity index (χ4v) is 2.42. The van der Waals surface area contributed by atoms with Crippen LogP contribution in [0.4, 0.5) is 0 Å². The van der Waals surface area contributed by atoms with Gasteiger partial charge in [0.2, 0.25) is 0 Å². The molecule has 5 nitrogen and oxygen atoms in total. The van der Waals surface area contributed by atoms with Crippen LogP contribution in [0.3, 0.4) is 0 Å². The summed E-state index contributed by atoms with van der Waals surface area (Å²) in [6.07, 6.45) is 0.0539. The third-order valence-corrected chi connectivity index (χ3v) is 3.65. The largest absolute Gasteiger partial charge is 0.393 e. The van der Waals surface area contributed by atoms with E-state index < -0.39 is 6.10 Å². The first-order valence-corrected chi connectivity index (χ1v) is 6.94. The molecule has 0 aliphatic carbocycles. The molecule has 0 aliphatic rings. The van der Waals surface area contributed by atoms with Crippen LogP contribution in [0.15, 0.2) is 22.7 Å². The van der Waals surface area contributed by atoms with E-state index in [4.69, 9.17) is 21.2 Å². The third-order valence-electron chi connectivity index (χ3n) is 2.41. The number of rotatable bonds is 5. The van der Waals surface area contributed by atoms with Crippen molar-refractivity contribution in [3.63, 3.8) is 0 Å². The van der Waals surface area contributed by atoms with E-state index in [1.807, 2.05) is 6.07 Å². The predicted octanol–water partition coefficient (Wildman–Crippen LogP) is 2.56. The molecule has 0 saturated carbocycles. The molecule has 0 spiro atoms. The van der Waals surface area contributed by atoms with Crippen molar-refractivity contribution < 1.29 is 14.4 Å². The van der Waals surface area contributed by atoms with Gasteiger partial charge in [-0.15, -0.1) is 11.3 Å². The normalized spacial score (nSPS) is 12.4. The molecule has 7 heteroatoms. The number of thiophene rings is 1. The van der Waals surface area contributed by atoms with Gasteiger partial charge in [0.15, 0.2) is 11.5 Å². The molecular weight excluding hydrogens is 288 g/mol. The molecule has 2 aromatic rings. The van der Waals surface area contributed by atoms with Gasteiger partial charge in [-0.2, -0.15) is 0 Å². The van der Waals surface area contributed by atoms with Gasteiger partial charge in [-0.1, -0.05) is 16.8 Å². The first-order chi connectivity index (χ1) is 9.06. The van der Waals surface area contributed by atoms with Crippen LogP contribution < -0.4 is 5.32 Å². The van der Waals surface area contributed by atoms with Crippen LogP contribution in [-0.4, -0.2) is 28.8 Å². The van der Waals surface area contributed by atoms with Crippen LogP contribution >= 0.6 is 22.9 Å². The lowest BCUT2D eigenvalue weighted by atomic mass is 10.2. The van der Waals surface area contributed by atoms with E-state index >= 15 is 0 Å². The van der Waals surface area contributed by atoms with Crippen LogP contribution in [-0.2, 0) is 0 Å². The lowest BCUT2D eigenvalue weighted by Gasteiger charge is -2.04. The molecule has 2 aromatic heterocycles. The van der Waals surface area contributed by atoms with E-state index in [-0.39, 0.29) is 11.6 Å². The second-order valence-electron chi connectivity index (χ2n) is 4.07. The number of nitrogens with one attached hydrogen (secondary N) is 1. The summed E-state index contributed by atoms with van der Waals surface area (Å²) in [7, 11) is 0. The van der Waals surface area contributed by atoms with E-state index in [2.05, 4.69) is 10.5 Å². The first kappa shape index (κ1) is 14.0. The molecule has 102 valence electrons. The highest BCUT2D eigenvalue weighted by atomic mass is 35.5. The van der Waals surface area contributed by atoms with Gasteiger partial charge in [0.25, 0.3) is 5.91 Å². The van der Waals surface area contributed by atoms with Crippen LogP contribution in [0, 0.1) is 0 Å². The van der Waals surface area contributed by atoms with Gasteiger partial charge < -0.3 is 14.9 Å². The van der Waals surface area contributed by atoms with E-state index in [9.17, 15) is 4.79 Å². The average Bonchev–Trinajstić information content (AvgIpc) is 2.96. The highest BCUT2D eigenvalue weighted by Gasteiger charge is 2.14. The highest BCUT2D eigenvalue weighted by molar-refractivity contribution is 7.19. The van der Waals surface area contributed by atoms with Crippen molar-refractivity contribution >= 4 is 28.8 Å². The predicted molar refractivity (Wildman–Crippen MR) is 73.5 cm³/mol. The average molecular weight is 301 g/mol. The molecule has 0 bridgehead atoms. The van der Waals surface area contributed by atoms with E-state index in [1.54, 1.807) is 19.1 Å². The van der Waals surface area contributed by atoms with Crippen LogP contribution in [0.1, 0.15) is 23.8 Å². The zero-order chi connectivity index (χ0) is 13.8. The molecule has 0 radical (unpaired) electrons.